The van der Waals surface area contributed by atoms with E-state index in [1.165, 1.54) is 10.9 Å². The van der Waals surface area contributed by atoms with Crippen molar-refractivity contribution in [2.24, 2.45) is 0 Å². The van der Waals surface area contributed by atoms with Crippen molar-refractivity contribution in [1.29, 1.82) is 0 Å². The van der Waals surface area contributed by atoms with Gasteiger partial charge in [0.25, 0.3) is 0 Å². The molecule has 2 rings (SSSR count). The zero-order chi connectivity index (χ0) is 13.0. The lowest BCUT2D eigenvalue weighted by atomic mass is 10.1. The van der Waals surface area contributed by atoms with Gasteiger partial charge in [0.05, 0.1) is 6.04 Å². The number of thiophene rings is 1. The Morgan fingerprint density at radius 3 is 2.89 bits per heavy atom. The average Bonchev–Trinajstić information content (AvgIpc) is 2.99. The molecule has 2 heterocycles. The van der Waals surface area contributed by atoms with E-state index < -0.39 is 5.97 Å². The minimum atomic E-state index is -1.05. The first kappa shape index (κ1) is 12.7. The number of hydrogen-bond acceptors (Lipinski definition) is 4. The van der Waals surface area contributed by atoms with Crippen molar-refractivity contribution >= 4 is 23.2 Å². The molecular weight excluding hydrogens is 250 g/mol. The molecule has 0 saturated heterocycles. The zero-order valence-corrected chi connectivity index (χ0v) is 10.9. The summed E-state index contributed by atoms with van der Waals surface area (Å²) >= 11 is 1.68. The van der Waals surface area contributed by atoms with Crippen LogP contribution in [0.5, 0.6) is 0 Å². The Bertz CT molecular complexity index is 504. The molecule has 0 aromatic carbocycles. The number of nitrogens with one attached hydrogen (secondary N) is 1. The number of furan rings is 1. The third-order valence-electron chi connectivity index (χ3n) is 2.60. The second-order valence-corrected chi connectivity index (χ2v) is 4.95. The predicted molar refractivity (Wildman–Crippen MR) is 71.3 cm³/mol. The molecule has 0 aliphatic carbocycles. The first-order valence-corrected chi connectivity index (χ1v) is 6.71. The van der Waals surface area contributed by atoms with E-state index in [9.17, 15) is 4.79 Å². The highest BCUT2D eigenvalue weighted by atomic mass is 32.1. The molecule has 2 aromatic rings. The topological polar surface area (TPSA) is 62.5 Å². The first-order valence-electron chi connectivity index (χ1n) is 5.83. The molecule has 18 heavy (non-hydrogen) atoms. The minimum Gasteiger partial charge on any atom is -0.475 e. The van der Waals surface area contributed by atoms with Crippen LogP contribution in [0.1, 0.15) is 41.2 Å². The fourth-order valence-electron chi connectivity index (χ4n) is 1.77. The molecule has 0 fully saturated rings. The van der Waals surface area contributed by atoms with Crippen molar-refractivity contribution in [3.05, 3.63) is 40.3 Å². The minimum absolute atomic E-state index is 0.0427. The van der Waals surface area contributed by atoms with E-state index in [0.29, 0.717) is 5.88 Å². The summed E-state index contributed by atoms with van der Waals surface area (Å²) in [4.78, 5) is 12.0. The number of carboxylic acids is 1. The van der Waals surface area contributed by atoms with Crippen molar-refractivity contribution in [2.75, 3.05) is 5.32 Å². The molecule has 2 aromatic heterocycles. The van der Waals surface area contributed by atoms with E-state index in [2.05, 4.69) is 18.3 Å². The number of carboxylic acid groups (broad SMARTS) is 1. The molecule has 0 aliphatic rings. The summed E-state index contributed by atoms with van der Waals surface area (Å²) in [5, 5.41) is 14.1. The maximum atomic E-state index is 10.7. The van der Waals surface area contributed by atoms with E-state index in [0.717, 1.165) is 12.8 Å². The van der Waals surface area contributed by atoms with Crippen LogP contribution in [0.15, 0.2) is 34.1 Å². The molecular formula is C13H15NO3S. The van der Waals surface area contributed by atoms with Gasteiger partial charge in [-0.15, -0.1) is 11.3 Å². The van der Waals surface area contributed by atoms with Gasteiger partial charge in [0.1, 0.15) is 0 Å². The maximum absolute atomic E-state index is 10.7. The molecule has 0 amide bonds. The Labute approximate surface area is 109 Å². The molecule has 0 aliphatic heterocycles. The van der Waals surface area contributed by atoms with Crippen LogP contribution in [0.25, 0.3) is 0 Å². The van der Waals surface area contributed by atoms with Crippen LogP contribution < -0.4 is 5.32 Å². The van der Waals surface area contributed by atoms with Gasteiger partial charge in [-0.1, -0.05) is 19.4 Å². The predicted octanol–water partition coefficient (Wildman–Crippen LogP) is 3.99. The van der Waals surface area contributed by atoms with Crippen LogP contribution in [-0.2, 0) is 0 Å². The normalized spacial score (nSPS) is 12.3. The van der Waals surface area contributed by atoms with Crippen molar-refractivity contribution in [2.45, 2.75) is 25.8 Å². The highest BCUT2D eigenvalue weighted by Gasteiger charge is 2.15. The molecule has 4 nitrogen and oxygen atoms in total. The molecule has 5 heteroatoms. The van der Waals surface area contributed by atoms with E-state index >= 15 is 0 Å². The van der Waals surface area contributed by atoms with Gasteiger partial charge < -0.3 is 14.8 Å². The second kappa shape index (κ2) is 5.73. The highest BCUT2D eigenvalue weighted by molar-refractivity contribution is 7.10. The van der Waals surface area contributed by atoms with Crippen LogP contribution in [0, 0.1) is 0 Å². The third kappa shape index (κ3) is 2.92. The van der Waals surface area contributed by atoms with Crippen molar-refractivity contribution in [3.8, 4) is 0 Å². The Kier molecular flexibility index (Phi) is 4.04. The maximum Gasteiger partial charge on any atom is 0.371 e. The van der Waals surface area contributed by atoms with Crippen molar-refractivity contribution < 1.29 is 14.3 Å². The SMILES string of the molecule is CCCC(Nc1ccc(C(=O)O)o1)c1cccs1. The summed E-state index contributed by atoms with van der Waals surface area (Å²) in [6.45, 7) is 2.12. The Morgan fingerprint density at radius 1 is 1.50 bits per heavy atom. The summed E-state index contributed by atoms with van der Waals surface area (Å²) in [5.74, 6) is -0.593. The Balaban J connectivity index is 2.10. The van der Waals surface area contributed by atoms with E-state index in [1.54, 1.807) is 17.4 Å². The lowest BCUT2D eigenvalue weighted by Crippen LogP contribution is -2.08. The van der Waals surface area contributed by atoms with Gasteiger partial charge >= 0.3 is 5.97 Å². The van der Waals surface area contributed by atoms with Crippen LogP contribution >= 0.6 is 11.3 Å². The van der Waals surface area contributed by atoms with Crippen molar-refractivity contribution in [3.63, 3.8) is 0 Å². The van der Waals surface area contributed by atoms with Gasteiger partial charge in [0, 0.05) is 10.9 Å². The molecule has 2 N–H and O–H groups in total. The smallest absolute Gasteiger partial charge is 0.371 e. The Hall–Kier alpha value is -1.75. The van der Waals surface area contributed by atoms with Crippen LogP contribution in [0.4, 0.5) is 5.88 Å². The summed E-state index contributed by atoms with van der Waals surface area (Å²) < 4.78 is 5.21. The average molecular weight is 265 g/mol. The third-order valence-corrected chi connectivity index (χ3v) is 3.58. The molecule has 0 spiro atoms. The monoisotopic (exact) mass is 265 g/mol. The van der Waals surface area contributed by atoms with Crippen LogP contribution in [0.2, 0.25) is 0 Å². The lowest BCUT2D eigenvalue weighted by molar-refractivity contribution is 0.0663. The highest BCUT2D eigenvalue weighted by Crippen LogP contribution is 2.28. The number of hydrogen-bond donors (Lipinski definition) is 2. The molecule has 96 valence electrons. The Morgan fingerprint density at radius 2 is 2.33 bits per heavy atom. The molecule has 0 bridgehead atoms. The summed E-state index contributed by atoms with van der Waals surface area (Å²) in [7, 11) is 0. The quantitative estimate of drug-likeness (QED) is 0.829. The van der Waals surface area contributed by atoms with E-state index in [1.807, 2.05) is 11.4 Å². The summed E-state index contributed by atoms with van der Waals surface area (Å²) in [6, 6.07) is 7.36. The van der Waals surface area contributed by atoms with Crippen molar-refractivity contribution in [1.82, 2.24) is 0 Å². The molecule has 1 atom stereocenters. The molecule has 1 unspecified atom stereocenters. The first-order chi connectivity index (χ1) is 8.70. The lowest BCUT2D eigenvalue weighted by Gasteiger charge is -2.15. The van der Waals surface area contributed by atoms with Gasteiger partial charge in [-0.3, -0.25) is 0 Å². The van der Waals surface area contributed by atoms with Gasteiger partial charge in [-0.2, -0.15) is 0 Å². The van der Waals surface area contributed by atoms with Gasteiger partial charge in [-0.25, -0.2) is 4.79 Å². The van der Waals surface area contributed by atoms with E-state index in [-0.39, 0.29) is 11.8 Å². The molecule has 0 radical (unpaired) electrons. The number of anilines is 1. The molecule has 0 saturated carbocycles. The fraction of sp³-hybridized carbons (Fsp3) is 0.308. The standard InChI is InChI=1S/C13H15NO3S/c1-2-4-9(11-5-3-8-18-11)14-12-7-6-10(17-12)13(15)16/h3,5-9,14H,2,4H2,1H3,(H,15,16). The number of aromatic carboxylic acids is 1. The van der Waals surface area contributed by atoms with Gasteiger partial charge in [-0.05, 0) is 23.9 Å². The fourth-order valence-corrected chi connectivity index (χ4v) is 2.58. The summed E-state index contributed by atoms with van der Waals surface area (Å²) in [5.41, 5.74) is 0. The van der Waals surface area contributed by atoms with Crippen LogP contribution in [-0.4, -0.2) is 11.1 Å². The second-order valence-electron chi connectivity index (χ2n) is 3.97. The number of carbonyl (C=O) groups is 1. The van der Waals surface area contributed by atoms with E-state index in [4.69, 9.17) is 9.52 Å². The van der Waals surface area contributed by atoms with Gasteiger partial charge in [0.15, 0.2) is 5.88 Å². The van der Waals surface area contributed by atoms with Gasteiger partial charge in [0.2, 0.25) is 5.76 Å². The largest absolute Gasteiger partial charge is 0.475 e. The van der Waals surface area contributed by atoms with Crippen LogP contribution in [0.3, 0.4) is 0 Å². The summed E-state index contributed by atoms with van der Waals surface area (Å²) in [6.07, 6.45) is 2.02. The number of rotatable bonds is 6. The zero-order valence-electron chi connectivity index (χ0n) is 10.1.